The monoisotopic (exact) mass is 724 g/mol. The highest BCUT2D eigenvalue weighted by molar-refractivity contribution is 6.02. The molecule has 0 aliphatic heterocycles. The lowest BCUT2D eigenvalue weighted by Gasteiger charge is -2.36. The quantitative estimate of drug-likeness (QED) is 0.0916. The topological polar surface area (TPSA) is 97.0 Å². The van der Waals surface area contributed by atoms with E-state index in [0.717, 1.165) is 38.9 Å². The number of hydrogen-bond acceptors (Lipinski definition) is 7. The van der Waals surface area contributed by atoms with E-state index in [1.807, 2.05) is 72.5 Å². The Kier molecular flexibility index (Phi) is 9.74. The van der Waals surface area contributed by atoms with Crippen molar-refractivity contribution < 1.29 is 14.3 Å². The Bertz CT molecular complexity index is 2450. The van der Waals surface area contributed by atoms with Crippen molar-refractivity contribution in [2.45, 2.75) is 39.0 Å². The highest BCUT2D eigenvalue weighted by Crippen LogP contribution is 2.43. The van der Waals surface area contributed by atoms with Crippen molar-refractivity contribution in [3.8, 4) is 28.5 Å². The minimum absolute atomic E-state index is 0.253. The molecule has 0 radical (unpaired) electrons. The summed E-state index contributed by atoms with van der Waals surface area (Å²) in [5, 5.41) is 13.8. The summed E-state index contributed by atoms with van der Waals surface area (Å²) >= 11 is 0. The summed E-state index contributed by atoms with van der Waals surface area (Å²) in [6, 6.07) is 53.7. The number of hydrogen-bond donors (Lipinski definition) is 0. The molecule has 0 atom stereocenters. The molecule has 9 nitrogen and oxygen atoms in total. The lowest BCUT2D eigenvalue weighted by molar-refractivity contribution is 0.0379. The molecule has 0 N–H and O–H groups in total. The number of fused-ring (bicyclic) bond motifs is 1. The summed E-state index contributed by atoms with van der Waals surface area (Å²) in [6.45, 7) is 6.47. The average Bonchev–Trinajstić information content (AvgIpc) is 3.85. The predicted octanol–water partition coefficient (Wildman–Crippen LogP) is 9.21. The molecule has 8 rings (SSSR count). The molecule has 0 aliphatic carbocycles. The highest BCUT2D eigenvalue weighted by atomic mass is 16.5. The van der Waals surface area contributed by atoms with Gasteiger partial charge in [0.15, 0.2) is 5.82 Å². The molecule has 272 valence electrons. The number of carbonyl (C=O) groups is 1. The van der Waals surface area contributed by atoms with Crippen molar-refractivity contribution in [3.05, 3.63) is 186 Å². The zero-order chi connectivity index (χ0) is 37.8. The molecule has 9 heteroatoms. The van der Waals surface area contributed by atoms with Crippen LogP contribution in [0.1, 0.15) is 53.4 Å². The normalized spacial score (nSPS) is 11.6. The molecular weight excluding hydrogens is 685 g/mol. The van der Waals surface area contributed by atoms with Gasteiger partial charge in [0, 0.05) is 5.56 Å². The number of nitrogens with zero attached hydrogens (tertiary/aromatic N) is 6. The van der Waals surface area contributed by atoms with Gasteiger partial charge in [-0.1, -0.05) is 146 Å². The first-order chi connectivity index (χ1) is 27.0. The van der Waals surface area contributed by atoms with E-state index in [1.54, 1.807) is 6.07 Å². The number of aromatic nitrogens is 6. The third-order valence-corrected chi connectivity index (χ3v) is 9.70. The molecule has 0 unspecified atom stereocenters. The minimum Gasteiger partial charge on any atom is -0.465 e. The van der Waals surface area contributed by atoms with Gasteiger partial charge in [-0.05, 0) is 76.7 Å². The lowest BCUT2D eigenvalue weighted by atomic mass is 9.77. The van der Waals surface area contributed by atoms with Crippen molar-refractivity contribution in [1.29, 1.82) is 0 Å². The maximum atomic E-state index is 13.2. The van der Waals surface area contributed by atoms with Crippen molar-refractivity contribution in [1.82, 2.24) is 29.8 Å². The summed E-state index contributed by atoms with van der Waals surface area (Å²) in [5.74, 6) is 0.234. The van der Waals surface area contributed by atoms with E-state index in [1.165, 1.54) is 0 Å². The summed E-state index contributed by atoms with van der Waals surface area (Å²) < 4.78 is 15.5. The van der Waals surface area contributed by atoms with Crippen LogP contribution in [0, 0.1) is 0 Å². The van der Waals surface area contributed by atoms with Gasteiger partial charge in [0.1, 0.15) is 5.54 Å². The number of rotatable bonds is 12. The van der Waals surface area contributed by atoms with E-state index >= 15 is 0 Å². The fraction of sp³-hybridized carbons (Fsp3) is 0.152. The van der Waals surface area contributed by atoms with Crippen molar-refractivity contribution in [2.75, 3.05) is 6.61 Å². The average molecular weight is 725 g/mol. The van der Waals surface area contributed by atoms with Crippen LogP contribution < -0.4 is 4.74 Å². The molecule has 6 aromatic carbocycles. The van der Waals surface area contributed by atoms with E-state index in [2.05, 4.69) is 114 Å². The van der Waals surface area contributed by atoms with Gasteiger partial charge in [-0.2, -0.15) is 4.98 Å². The van der Waals surface area contributed by atoms with Crippen LogP contribution in [0.2, 0.25) is 0 Å². The first-order valence-corrected chi connectivity index (χ1v) is 18.5. The lowest BCUT2D eigenvalue weighted by Crippen LogP contribution is -2.39. The number of para-hydroxylation sites is 1. The molecule has 8 aromatic rings. The Labute approximate surface area is 319 Å². The molecule has 0 spiro atoms. The molecule has 2 heterocycles. The van der Waals surface area contributed by atoms with Crippen LogP contribution in [0.15, 0.2) is 158 Å². The fourth-order valence-corrected chi connectivity index (χ4v) is 7.38. The second-order valence-electron chi connectivity index (χ2n) is 13.5. The summed E-state index contributed by atoms with van der Waals surface area (Å²) in [7, 11) is 0. The zero-order valence-electron chi connectivity index (χ0n) is 30.9. The Morgan fingerprint density at radius 2 is 1.27 bits per heavy atom. The number of tetrazole rings is 1. The van der Waals surface area contributed by atoms with E-state index in [-0.39, 0.29) is 6.10 Å². The smallest absolute Gasteiger partial charge is 0.340 e. The Morgan fingerprint density at radius 1 is 0.691 bits per heavy atom. The van der Waals surface area contributed by atoms with Crippen LogP contribution in [0.4, 0.5) is 0 Å². The predicted molar refractivity (Wildman–Crippen MR) is 214 cm³/mol. The molecule has 55 heavy (non-hydrogen) atoms. The molecule has 0 saturated heterocycles. The molecule has 0 aliphatic rings. The van der Waals surface area contributed by atoms with Gasteiger partial charge >= 0.3 is 5.97 Å². The fourth-order valence-electron chi connectivity index (χ4n) is 7.38. The first-order valence-electron chi connectivity index (χ1n) is 18.5. The van der Waals surface area contributed by atoms with Crippen molar-refractivity contribution in [3.63, 3.8) is 0 Å². The number of benzene rings is 6. The maximum absolute atomic E-state index is 13.2. The third kappa shape index (κ3) is 6.54. The SMILES string of the molecule is CCOc1nc2cccc(C(=O)OC(C)C)c2n1Cc1ccc(-c2ccccc2-c2nnnn2C(c2ccccc2)(c2ccccc2)c2ccccc2)cc1. The highest BCUT2D eigenvalue weighted by Gasteiger charge is 2.42. The molecule has 2 aromatic heterocycles. The molecular formula is C46H40N6O3. The number of carbonyl (C=O) groups excluding carboxylic acids is 1. The van der Waals surface area contributed by atoms with Crippen LogP contribution in [0.5, 0.6) is 6.01 Å². The number of esters is 1. The number of ether oxygens (including phenoxy) is 2. The second-order valence-corrected chi connectivity index (χ2v) is 13.5. The van der Waals surface area contributed by atoms with Gasteiger partial charge in [0.05, 0.1) is 35.9 Å². The van der Waals surface area contributed by atoms with Gasteiger partial charge in [-0.3, -0.25) is 4.57 Å². The van der Waals surface area contributed by atoms with Gasteiger partial charge in [0.2, 0.25) is 0 Å². The zero-order valence-corrected chi connectivity index (χ0v) is 30.9. The summed E-state index contributed by atoms with van der Waals surface area (Å²) in [5.41, 5.74) is 7.88. The Morgan fingerprint density at radius 3 is 1.85 bits per heavy atom. The van der Waals surface area contributed by atoms with E-state index in [9.17, 15) is 4.79 Å². The van der Waals surface area contributed by atoms with E-state index < -0.39 is 11.5 Å². The van der Waals surface area contributed by atoms with Crippen molar-refractivity contribution >= 4 is 17.0 Å². The van der Waals surface area contributed by atoms with E-state index in [0.29, 0.717) is 41.6 Å². The van der Waals surface area contributed by atoms with Crippen LogP contribution in [0.25, 0.3) is 33.5 Å². The first kappa shape index (κ1) is 35.2. The van der Waals surface area contributed by atoms with Crippen LogP contribution in [-0.2, 0) is 16.8 Å². The Balaban J connectivity index is 1.22. The largest absolute Gasteiger partial charge is 0.465 e. The van der Waals surface area contributed by atoms with Gasteiger partial charge in [-0.15, -0.1) is 5.10 Å². The van der Waals surface area contributed by atoms with Crippen molar-refractivity contribution in [2.24, 2.45) is 0 Å². The number of imidazole rings is 1. The van der Waals surface area contributed by atoms with Crippen LogP contribution in [0.3, 0.4) is 0 Å². The van der Waals surface area contributed by atoms with Gasteiger partial charge in [-0.25, -0.2) is 9.48 Å². The molecule has 0 amide bonds. The van der Waals surface area contributed by atoms with Gasteiger partial charge < -0.3 is 9.47 Å². The second kappa shape index (κ2) is 15.2. The molecule has 0 saturated carbocycles. The summed E-state index contributed by atoms with van der Waals surface area (Å²) in [4.78, 5) is 17.9. The minimum atomic E-state index is -0.883. The molecule has 0 fully saturated rings. The standard InChI is InChI=1S/C46H40N6O3/c1-4-54-45-47-41-26-16-25-40(44(53)55-32(2)3)42(41)51(45)31-33-27-29-34(30-28-33)38-23-14-15-24-39(38)43-48-49-50-52(43)46(35-17-8-5-9-18-35,36-19-10-6-11-20-36)37-21-12-7-13-22-37/h5-30,32H,4,31H2,1-3H3. The maximum Gasteiger partial charge on any atom is 0.340 e. The van der Waals surface area contributed by atoms with Crippen LogP contribution >= 0.6 is 0 Å². The Hall–Kier alpha value is -6.87. The molecule has 0 bridgehead atoms. The van der Waals surface area contributed by atoms with E-state index in [4.69, 9.17) is 24.8 Å². The van der Waals surface area contributed by atoms with Gasteiger partial charge in [0.25, 0.3) is 6.01 Å². The third-order valence-electron chi connectivity index (χ3n) is 9.70. The van der Waals surface area contributed by atoms with Crippen LogP contribution in [-0.4, -0.2) is 48.4 Å². The summed E-state index contributed by atoms with van der Waals surface area (Å²) in [6.07, 6.45) is -0.253.